The lowest BCUT2D eigenvalue weighted by Crippen LogP contribution is -2.47. The molecule has 0 bridgehead atoms. The third kappa shape index (κ3) is 8.73. The van der Waals surface area contributed by atoms with Crippen LogP contribution >= 0.6 is 15.9 Å². The Morgan fingerprint density at radius 3 is 2.14 bits per heavy atom. The van der Waals surface area contributed by atoms with Gasteiger partial charge in [-0.2, -0.15) is 0 Å². The number of aliphatic hydroxyl groups is 1. The molecule has 0 radical (unpaired) electrons. The van der Waals surface area contributed by atoms with Crippen LogP contribution in [0.1, 0.15) is 42.3 Å². The molecule has 0 aromatic heterocycles. The Bertz CT molecular complexity index is 1240. The smallest absolute Gasteiger partial charge is 0.408 e. The summed E-state index contributed by atoms with van der Waals surface area (Å²) >= 11 is 3.34. The number of alkyl carbamates (subject to hydrolysis) is 1. The number of ether oxygens (including phenoxy) is 2. The van der Waals surface area contributed by atoms with E-state index in [0.29, 0.717) is 27.0 Å². The van der Waals surface area contributed by atoms with Gasteiger partial charge in [0.05, 0.1) is 12.2 Å². The van der Waals surface area contributed by atoms with Crippen molar-refractivity contribution in [3.05, 3.63) is 94.0 Å². The Kier molecular flexibility index (Phi) is 9.43. The Labute approximate surface area is 224 Å². The van der Waals surface area contributed by atoms with Crippen molar-refractivity contribution in [1.29, 1.82) is 0 Å². The second kappa shape index (κ2) is 12.5. The fourth-order valence-electron chi connectivity index (χ4n) is 3.30. The van der Waals surface area contributed by atoms with Crippen LogP contribution in [-0.2, 0) is 22.6 Å². The van der Waals surface area contributed by atoms with Crippen LogP contribution in [0.2, 0.25) is 0 Å². The van der Waals surface area contributed by atoms with Gasteiger partial charge in [0.25, 0.3) is 0 Å². The molecule has 0 aliphatic carbocycles. The summed E-state index contributed by atoms with van der Waals surface area (Å²) in [6.45, 7) is 5.10. The number of benzene rings is 3. The number of anilines is 1. The van der Waals surface area contributed by atoms with E-state index in [9.17, 15) is 19.5 Å². The zero-order valence-electron chi connectivity index (χ0n) is 20.8. The van der Waals surface area contributed by atoms with E-state index in [-0.39, 0.29) is 13.0 Å². The van der Waals surface area contributed by atoms with Crippen molar-refractivity contribution in [2.24, 2.45) is 0 Å². The van der Waals surface area contributed by atoms with Gasteiger partial charge in [-0.1, -0.05) is 36.4 Å². The molecule has 2 amide bonds. The van der Waals surface area contributed by atoms with Crippen molar-refractivity contribution in [3.63, 3.8) is 0 Å². The highest BCUT2D eigenvalue weighted by atomic mass is 79.9. The van der Waals surface area contributed by atoms with Crippen LogP contribution in [-0.4, -0.2) is 34.7 Å². The van der Waals surface area contributed by atoms with E-state index in [0.717, 1.165) is 5.56 Å². The van der Waals surface area contributed by atoms with Crippen LogP contribution in [0.25, 0.3) is 0 Å². The van der Waals surface area contributed by atoms with Crippen LogP contribution in [0.4, 0.5) is 10.5 Å². The van der Waals surface area contributed by atoms with E-state index in [1.54, 1.807) is 93.6 Å². The second-order valence-electron chi connectivity index (χ2n) is 9.26. The lowest BCUT2D eigenvalue weighted by Gasteiger charge is -2.23. The summed E-state index contributed by atoms with van der Waals surface area (Å²) in [5, 5.41) is 14.6. The molecule has 3 N–H and O–H groups in total. The number of rotatable bonds is 8. The number of hydrogen-bond acceptors (Lipinski definition) is 6. The average Bonchev–Trinajstić information content (AvgIpc) is 2.84. The predicted octanol–water partition coefficient (Wildman–Crippen LogP) is 5.24. The zero-order chi connectivity index (χ0) is 27.0. The van der Waals surface area contributed by atoms with E-state index in [4.69, 9.17) is 9.47 Å². The standard InChI is InChI=1S/C28H29BrN2O6/c1-28(2,3)37-27(35)31-24(25(33)30-20-12-8-19(17-32)9-13-20)16-18-10-14-21(15-11-18)36-26(34)22-6-4-5-7-23(22)29/h4-15,24,32H,16-17H2,1-3H3,(H,30,33)(H,31,35)/t24-/m0/s1. The number of esters is 1. The lowest BCUT2D eigenvalue weighted by molar-refractivity contribution is -0.118. The first kappa shape index (κ1) is 27.9. The third-order valence-electron chi connectivity index (χ3n) is 5.08. The maximum atomic E-state index is 13.1. The SMILES string of the molecule is CC(C)(C)OC(=O)N[C@@H](Cc1ccc(OC(=O)c2ccccc2Br)cc1)C(=O)Nc1ccc(CO)cc1. The third-order valence-corrected chi connectivity index (χ3v) is 5.77. The summed E-state index contributed by atoms with van der Waals surface area (Å²) in [5.74, 6) is -0.599. The quantitative estimate of drug-likeness (QED) is 0.253. The van der Waals surface area contributed by atoms with Gasteiger partial charge in [-0.15, -0.1) is 0 Å². The van der Waals surface area contributed by atoms with E-state index in [2.05, 4.69) is 26.6 Å². The van der Waals surface area contributed by atoms with Crippen LogP contribution in [0, 0.1) is 0 Å². The van der Waals surface area contributed by atoms with Gasteiger partial charge in [-0.3, -0.25) is 4.79 Å². The first-order valence-corrected chi connectivity index (χ1v) is 12.4. The van der Waals surface area contributed by atoms with Gasteiger partial charge in [0.1, 0.15) is 17.4 Å². The fraction of sp³-hybridized carbons (Fsp3) is 0.250. The molecule has 37 heavy (non-hydrogen) atoms. The van der Waals surface area contributed by atoms with Gasteiger partial charge >= 0.3 is 12.1 Å². The molecule has 3 aromatic carbocycles. The van der Waals surface area contributed by atoms with Crippen molar-refractivity contribution in [3.8, 4) is 5.75 Å². The maximum Gasteiger partial charge on any atom is 0.408 e. The molecule has 0 fully saturated rings. The van der Waals surface area contributed by atoms with Crippen LogP contribution in [0.3, 0.4) is 0 Å². The normalized spacial score (nSPS) is 11.8. The zero-order valence-corrected chi connectivity index (χ0v) is 22.4. The molecule has 0 heterocycles. The molecule has 194 valence electrons. The molecular weight excluding hydrogens is 540 g/mol. The average molecular weight is 569 g/mol. The molecule has 0 aliphatic rings. The number of carbonyl (C=O) groups excluding carboxylic acids is 3. The minimum absolute atomic E-state index is 0.106. The molecule has 0 spiro atoms. The van der Waals surface area contributed by atoms with Gasteiger partial charge in [0.2, 0.25) is 5.91 Å². The van der Waals surface area contributed by atoms with Crippen molar-refractivity contribution < 1.29 is 29.0 Å². The summed E-state index contributed by atoms with van der Waals surface area (Å²) in [4.78, 5) is 38.0. The molecule has 9 heteroatoms. The summed E-state index contributed by atoms with van der Waals surface area (Å²) in [6, 6.07) is 19.4. The summed E-state index contributed by atoms with van der Waals surface area (Å²) in [6.07, 6.45) is -0.555. The van der Waals surface area contributed by atoms with E-state index in [1.807, 2.05) is 0 Å². The van der Waals surface area contributed by atoms with Crippen LogP contribution in [0.15, 0.2) is 77.3 Å². The van der Waals surface area contributed by atoms with Gasteiger partial charge in [0, 0.05) is 16.6 Å². The molecule has 8 nitrogen and oxygen atoms in total. The number of hydrogen-bond donors (Lipinski definition) is 3. The van der Waals surface area contributed by atoms with Gasteiger partial charge in [0.15, 0.2) is 0 Å². The van der Waals surface area contributed by atoms with Gasteiger partial charge in [-0.05, 0) is 84.2 Å². The van der Waals surface area contributed by atoms with Gasteiger partial charge in [-0.25, -0.2) is 9.59 Å². The number of aliphatic hydroxyl groups excluding tert-OH is 1. The van der Waals surface area contributed by atoms with Crippen molar-refractivity contribution in [2.45, 2.75) is 45.4 Å². The Morgan fingerprint density at radius 2 is 1.54 bits per heavy atom. The Morgan fingerprint density at radius 1 is 0.919 bits per heavy atom. The van der Waals surface area contributed by atoms with Crippen LogP contribution in [0.5, 0.6) is 5.75 Å². The van der Waals surface area contributed by atoms with E-state index >= 15 is 0 Å². The number of halogens is 1. The fourth-order valence-corrected chi connectivity index (χ4v) is 3.75. The first-order chi connectivity index (χ1) is 17.5. The maximum absolute atomic E-state index is 13.1. The largest absolute Gasteiger partial charge is 0.444 e. The molecule has 3 rings (SSSR count). The second-order valence-corrected chi connectivity index (χ2v) is 10.1. The van der Waals surface area contributed by atoms with Crippen molar-refractivity contribution in [1.82, 2.24) is 5.32 Å². The monoisotopic (exact) mass is 568 g/mol. The Hall–Kier alpha value is -3.69. The minimum atomic E-state index is -0.943. The van der Waals surface area contributed by atoms with Crippen LogP contribution < -0.4 is 15.4 Å². The predicted molar refractivity (Wildman–Crippen MR) is 143 cm³/mol. The molecule has 0 saturated heterocycles. The number of carbonyl (C=O) groups is 3. The highest BCUT2D eigenvalue weighted by Crippen LogP contribution is 2.20. The molecule has 1 atom stereocenters. The molecule has 0 saturated carbocycles. The lowest BCUT2D eigenvalue weighted by atomic mass is 10.0. The molecule has 0 aliphatic heterocycles. The van der Waals surface area contributed by atoms with Gasteiger partial charge < -0.3 is 25.2 Å². The van der Waals surface area contributed by atoms with Crippen molar-refractivity contribution >= 4 is 39.6 Å². The Balaban J connectivity index is 1.71. The van der Waals surface area contributed by atoms with E-state index < -0.39 is 29.6 Å². The van der Waals surface area contributed by atoms with Crippen molar-refractivity contribution in [2.75, 3.05) is 5.32 Å². The minimum Gasteiger partial charge on any atom is -0.444 e. The van der Waals surface area contributed by atoms with E-state index in [1.165, 1.54) is 0 Å². The molecular formula is C28H29BrN2O6. The molecule has 0 unspecified atom stereocenters. The highest BCUT2D eigenvalue weighted by molar-refractivity contribution is 9.10. The first-order valence-electron chi connectivity index (χ1n) is 11.6. The molecule has 3 aromatic rings. The summed E-state index contributed by atoms with van der Waals surface area (Å²) in [5.41, 5.74) is 1.63. The summed E-state index contributed by atoms with van der Waals surface area (Å²) in [7, 11) is 0. The number of amides is 2. The topological polar surface area (TPSA) is 114 Å². The number of nitrogens with one attached hydrogen (secondary N) is 2. The summed E-state index contributed by atoms with van der Waals surface area (Å²) < 4.78 is 11.4. The highest BCUT2D eigenvalue weighted by Gasteiger charge is 2.25.